The molecule has 0 radical (unpaired) electrons. The van der Waals surface area contributed by atoms with Crippen LogP contribution in [0.25, 0.3) is 0 Å². The lowest BCUT2D eigenvalue weighted by atomic mass is 9.86. The summed E-state index contributed by atoms with van der Waals surface area (Å²) in [5.41, 5.74) is 1.57. The lowest BCUT2D eigenvalue weighted by molar-refractivity contribution is -0.142. The molecule has 0 bridgehead atoms. The molecule has 0 aromatic heterocycles. The van der Waals surface area contributed by atoms with Crippen molar-refractivity contribution < 1.29 is 18.5 Å². The quantitative estimate of drug-likeness (QED) is 0.721. The second-order valence-corrected chi connectivity index (χ2v) is 9.10. The second-order valence-electron chi connectivity index (χ2n) is 7.53. The zero-order valence-corrected chi connectivity index (χ0v) is 17.5. The number of esters is 1. The van der Waals surface area contributed by atoms with E-state index < -0.39 is 22.8 Å². The van der Waals surface area contributed by atoms with Crippen molar-refractivity contribution in [1.82, 2.24) is 5.32 Å². The summed E-state index contributed by atoms with van der Waals surface area (Å²) in [5, 5.41) is 2.70. The Morgan fingerprint density at radius 3 is 2.18 bits per heavy atom. The third-order valence-corrected chi connectivity index (χ3v) is 5.81. The van der Waals surface area contributed by atoms with Crippen LogP contribution in [-0.4, -0.2) is 35.0 Å². The Morgan fingerprint density at radius 1 is 1.04 bits per heavy atom. The highest BCUT2D eigenvalue weighted by molar-refractivity contribution is 7.85. The van der Waals surface area contributed by atoms with Crippen molar-refractivity contribution in [2.75, 3.05) is 12.9 Å². The normalized spacial score (nSPS) is 13.4. The van der Waals surface area contributed by atoms with Crippen LogP contribution >= 0.6 is 0 Å². The zero-order chi connectivity index (χ0) is 20.7. The zero-order valence-electron chi connectivity index (χ0n) is 16.7. The Kier molecular flexibility index (Phi) is 7.52. The fourth-order valence-electron chi connectivity index (χ4n) is 2.67. The molecule has 5 nitrogen and oxygen atoms in total. The Hall–Kier alpha value is -2.47. The van der Waals surface area contributed by atoms with E-state index >= 15 is 0 Å². The molecular weight excluding hydrogens is 374 g/mol. The van der Waals surface area contributed by atoms with Crippen molar-refractivity contribution in [1.29, 1.82) is 0 Å². The fourth-order valence-corrected chi connectivity index (χ4v) is 3.82. The van der Waals surface area contributed by atoms with Crippen molar-refractivity contribution in [2.24, 2.45) is 0 Å². The molecule has 0 unspecified atom stereocenters. The SMILES string of the molecule is COC(=O)[C@H](CC[S@@](=O)c1ccccc1)NC(=O)c1ccc(C(C)(C)C)cc1. The van der Waals surface area contributed by atoms with Gasteiger partial charge in [0.2, 0.25) is 0 Å². The van der Waals surface area contributed by atoms with Crippen LogP contribution in [0.2, 0.25) is 0 Å². The van der Waals surface area contributed by atoms with Crippen molar-refractivity contribution in [2.45, 2.75) is 43.5 Å². The van der Waals surface area contributed by atoms with Gasteiger partial charge in [0.25, 0.3) is 5.91 Å². The Labute approximate surface area is 168 Å². The average molecular weight is 402 g/mol. The van der Waals surface area contributed by atoms with E-state index in [9.17, 15) is 13.8 Å². The van der Waals surface area contributed by atoms with E-state index in [4.69, 9.17) is 4.74 Å². The first kappa shape index (κ1) is 21.8. The number of amides is 1. The lowest BCUT2D eigenvalue weighted by Crippen LogP contribution is -2.42. The first-order valence-electron chi connectivity index (χ1n) is 9.15. The number of hydrogen-bond acceptors (Lipinski definition) is 4. The smallest absolute Gasteiger partial charge is 0.328 e. The number of ether oxygens (including phenoxy) is 1. The summed E-state index contributed by atoms with van der Waals surface area (Å²) in [6, 6.07) is 15.5. The summed E-state index contributed by atoms with van der Waals surface area (Å²) in [4.78, 5) is 25.3. The number of nitrogens with one attached hydrogen (secondary N) is 1. The van der Waals surface area contributed by atoms with Crippen LogP contribution in [0, 0.1) is 0 Å². The molecule has 0 aliphatic rings. The van der Waals surface area contributed by atoms with Gasteiger partial charge in [-0.25, -0.2) is 4.79 Å². The van der Waals surface area contributed by atoms with Gasteiger partial charge in [0, 0.05) is 16.2 Å². The molecule has 2 aromatic carbocycles. The highest BCUT2D eigenvalue weighted by Crippen LogP contribution is 2.22. The van der Waals surface area contributed by atoms with Crippen molar-refractivity contribution in [3.63, 3.8) is 0 Å². The van der Waals surface area contributed by atoms with Crippen LogP contribution < -0.4 is 5.32 Å². The molecule has 0 aliphatic carbocycles. The van der Waals surface area contributed by atoms with E-state index in [0.717, 1.165) is 5.56 Å². The standard InChI is InChI=1S/C22H27NO4S/c1-22(2,3)17-12-10-16(11-13-17)20(24)23-19(21(25)27-4)14-15-28(26)18-8-6-5-7-9-18/h5-13,19H,14-15H2,1-4H3,(H,23,24)/t19-,28+/m0/s1. The summed E-state index contributed by atoms with van der Waals surface area (Å²) in [5.74, 6) is -0.668. The molecule has 2 aromatic rings. The van der Waals surface area contributed by atoms with E-state index in [1.807, 2.05) is 30.3 Å². The molecule has 0 saturated carbocycles. The minimum absolute atomic E-state index is 0.00887. The molecule has 0 heterocycles. The summed E-state index contributed by atoms with van der Waals surface area (Å²) in [7, 11) is 0.0176. The Bertz CT molecular complexity index is 826. The highest BCUT2D eigenvalue weighted by atomic mass is 32.2. The van der Waals surface area contributed by atoms with Crippen LogP contribution in [0.15, 0.2) is 59.5 Å². The van der Waals surface area contributed by atoms with Gasteiger partial charge in [0.15, 0.2) is 0 Å². The summed E-state index contributed by atoms with van der Waals surface area (Å²) in [6.07, 6.45) is 0.222. The molecule has 0 fully saturated rings. The number of carbonyl (C=O) groups excluding carboxylic acids is 2. The molecule has 0 spiro atoms. The molecular formula is C22H27NO4S. The first-order valence-corrected chi connectivity index (χ1v) is 10.5. The summed E-state index contributed by atoms with van der Waals surface area (Å²) >= 11 is 0. The lowest BCUT2D eigenvalue weighted by Gasteiger charge is -2.20. The molecule has 150 valence electrons. The number of rotatable bonds is 7. The second kappa shape index (κ2) is 9.64. The first-order chi connectivity index (χ1) is 13.2. The molecule has 1 amide bonds. The van der Waals surface area contributed by atoms with Gasteiger partial charge in [0.05, 0.1) is 17.9 Å². The predicted molar refractivity (Wildman–Crippen MR) is 111 cm³/mol. The number of carbonyl (C=O) groups is 2. The van der Waals surface area contributed by atoms with E-state index in [-0.39, 0.29) is 23.5 Å². The molecule has 0 saturated heterocycles. The van der Waals surface area contributed by atoms with E-state index in [1.54, 1.807) is 24.3 Å². The molecule has 6 heteroatoms. The topological polar surface area (TPSA) is 72.5 Å². The molecule has 28 heavy (non-hydrogen) atoms. The average Bonchev–Trinajstić information content (AvgIpc) is 2.70. The Balaban J connectivity index is 2.04. The van der Waals surface area contributed by atoms with Crippen molar-refractivity contribution in [3.05, 3.63) is 65.7 Å². The van der Waals surface area contributed by atoms with Crippen LogP contribution in [0.3, 0.4) is 0 Å². The molecule has 2 atom stereocenters. The van der Waals surface area contributed by atoms with Gasteiger partial charge in [-0.2, -0.15) is 0 Å². The monoisotopic (exact) mass is 401 g/mol. The van der Waals surface area contributed by atoms with Crippen LogP contribution in [-0.2, 0) is 25.7 Å². The molecule has 0 aliphatic heterocycles. The Morgan fingerprint density at radius 2 is 1.64 bits per heavy atom. The van der Waals surface area contributed by atoms with E-state index in [1.165, 1.54) is 7.11 Å². The maximum absolute atomic E-state index is 12.6. The number of benzene rings is 2. The fraction of sp³-hybridized carbons (Fsp3) is 0.364. The predicted octanol–water partition coefficient (Wildman–Crippen LogP) is 3.45. The van der Waals surface area contributed by atoms with Gasteiger partial charge < -0.3 is 10.1 Å². The third-order valence-electron chi connectivity index (χ3n) is 4.40. The summed E-state index contributed by atoms with van der Waals surface area (Å²) in [6.45, 7) is 6.30. The van der Waals surface area contributed by atoms with Gasteiger partial charge in [-0.15, -0.1) is 0 Å². The van der Waals surface area contributed by atoms with Crippen LogP contribution in [0.1, 0.15) is 43.1 Å². The van der Waals surface area contributed by atoms with Crippen LogP contribution in [0.4, 0.5) is 0 Å². The largest absolute Gasteiger partial charge is 0.467 e. The minimum Gasteiger partial charge on any atom is -0.467 e. The van der Waals surface area contributed by atoms with Crippen molar-refractivity contribution >= 4 is 22.7 Å². The van der Waals surface area contributed by atoms with Crippen LogP contribution in [0.5, 0.6) is 0 Å². The van der Waals surface area contributed by atoms with Gasteiger partial charge >= 0.3 is 5.97 Å². The maximum atomic E-state index is 12.6. The minimum atomic E-state index is -1.25. The van der Waals surface area contributed by atoms with E-state index in [2.05, 4.69) is 26.1 Å². The molecule has 2 rings (SSSR count). The van der Waals surface area contributed by atoms with E-state index in [0.29, 0.717) is 10.5 Å². The van der Waals surface area contributed by atoms with Gasteiger partial charge in [-0.05, 0) is 41.7 Å². The van der Waals surface area contributed by atoms with Gasteiger partial charge in [-0.1, -0.05) is 51.1 Å². The highest BCUT2D eigenvalue weighted by Gasteiger charge is 2.23. The number of hydrogen-bond donors (Lipinski definition) is 1. The molecule has 1 N–H and O–H groups in total. The van der Waals surface area contributed by atoms with Gasteiger partial charge in [-0.3, -0.25) is 9.00 Å². The number of methoxy groups -OCH3 is 1. The third kappa shape index (κ3) is 6.02. The summed E-state index contributed by atoms with van der Waals surface area (Å²) < 4.78 is 17.2. The van der Waals surface area contributed by atoms with Crippen molar-refractivity contribution in [3.8, 4) is 0 Å². The maximum Gasteiger partial charge on any atom is 0.328 e. The van der Waals surface area contributed by atoms with Gasteiger partial charge in [0.1, 0.15) is 6.04 Å².